The van der Waals surface area contributed by atoms with E-state index in [0.717, 1.165) is 0 Å². The number of halogens is 3. The molecule has 0 aliphatic carbocycles. The number of para-hydroxylation sites is 1. The van der Waals surface area contributed by atoms with Crippen LogP contribution in [0.3, 0.4) is 0 Å². The molecule has 0 saturated carbocycles. The quantitative estimate of drug-likeness (QED) is 0.758. The van der Waals surface area contributed by atoms with Crippen molar-refractivity contribution in [2.75, 3.05) is 6.54 Å². The molecule has 1 amide bonds. The number of carbonyl (C=O) groups excluding carboxylic acids is 1. The molecule has 0 aliphatic rings. The summed E-state index contributed by atoms with van der Waals surface area (Å²) in [5.74, 6) is -1.65. The maximum atomic E-state index is 12.3. The Morgan fingerprint density at radius 3 is 2.38 bits per heavy atom. The van der Waals surface area contributed by atoms with Crippen molar-refractivity contribution in [1.29, 1.82) is 0 Å². The molecular weight excluding hydrogens is 327 g/mol. The highest BCUT2D eigenvalue weighted by atomic mass is 19.4. The summed E-state index contributed by atoms with van der Waals surface area (Å²) in [5, 5.41) is 11.4. The maximum absolute atomic E-state index is 12.3. The Morgan fingerprint density at radius 1 is 1.17 bits per heavy atom. The third-order valence-corrected chi connectivity index (χ3v) is 3.18. The van der Waals surface area contributed by atoms with Gasteiger partial charge >= 0.3 is 12.3 Å². The zero-order valence-electron chi connectivity index (χ0n) is 13.4. The molecule has 0 fully saturated rings. The molecule has 1 rings (SSSR count). The Hall–Kier alpha value is -2.25. The van der Waals surface area contributed by atoms with E-state index >= 15 is 0 Å². The molecule has 8 heteroatoms. The normalized spacial score (nSPS) is 11.9. The lowest BCUT2D eigenvalue weighted by atomic mass is 9.85. The third kappa shape index (κ3) is 7.85. The second kappa shape index (κ2) is 8.03. The van der Waals surface area contributed by atoms with E-state index in [-0.39, 0.29) is 37.5 Å². The van der Waals surface area contributed by atoms with Crippen molar-refractivity contribution < 1.29 is 32.6 Å². The molecule has 24 heavy (non-hydrogen) atoms. The molecule has 0 aromatic heterocycles. The van der Waals surface area contributed by atoms with Crippen LogP contribution in [0.25, 0.3) is 0 Å². The molecule has 0 saturated heterocycles. The molecule has 5 nitrogen and oxygen atoms in total. The smallest absolute Gasteiger partial charge is 0.481 e. The summed E-state index contributed by atoms with van der Waals surface area (Å²) in [5.41, 5.74) is -0.382. The first kappa shape index (κ1) is 19.8. The molecule has 0 aliphatic heterocycles. The molecule has 0 unspecified atom stereocenters. The fourth-order valence-corrected chi connectivity index (χ4v) is 2.24. The van der Waals surface area contributed by atoms with Gasteiger partial charge in [0.15, 0.2) is 0 Å². The van der Waals surface area contributed by atoms with Gasteiger partial charge in [0.05, 0.1) is 6.42 Å². The van der Waals surface area contributed by atoms with Crippen LogP contribution in [-0.4, -0.2) is 29.9 Å². The van der Waals surface area contributed by atoms with Crippen LogP contribution < -0.4 is 10.1 Å². The van der Waals surface area contributed by atoms with Crippen LogP contribution in [0.1, 0.15) is 32.3 Å². The molecular formula is C16H20F3NO4. The highest BCUT2D eigenvalue weighted by Crippen LogP contribution is 2.27. The Morgan fingerprint density at radius 2 is 1.79 bits per heavy atom. The summed E-state index contributed by atoms with van der Waals surface area (Å²) in [6, 6.07) is 5.70. The minimum Gasteiger partial charge on any atom is -0.481 e. The molecule has 0 heterocycles. The number of aliphatic carboxylic acids is 1. The predicted molar refractivity (Wildman–Crippen MR) is 80.5 cm³/mol. The van der Waals surface area contributed by atoms with Gasteiger partial charge in [-0.25, -0.2) is 0 Å². The Labute approximate surface area is 137 Å². The second-order valence-electron chi connectivity index (χ2n) is 6.17. The number of alkyl halides is 3. The van der Waals surface area contributed by atoms with Gasteiger partial charge < -0.3 is 15.2 Å². The van der Waals surface area contributed by atoms with E-state index in [1.165, 1.54) is 18.2 Å². The number of carboxylic acids is 1. The molecule has 0 atom stereocenters. The predicted octanol–water partition coefficient (Wildman–Crippen LogP) is 3.13. The topological polar surface area (TPSA) is 75.6 Å². The zero-order chi connectivity index (χ0) is 18.4. The lowest BCUT2D eigenvalue weighted by Crippen LogP contribution is -2.31. The van der Waals surface area contributed by atoms with Gasteiger partial charge in [0, 0.05) is 13.0 Å². The molecule has 0 bridgehead atoms. The van der Waals surface area contributed by atoms with Crippen molar-refractivity contribution in [3.63, 3.8) is 0 Å². The fraction of sp³-hybridized carbons (Fsp3) is 0.500. The van der Waals surface area contributed by atoms with Crippen LogP contribution in [0.4, 0.5) is 13.2 Å². The zero-order valence-corrected chi connectivity index (χ0v) is 13.4. The number of carbonyl (C=O) groups is 2. The van der Waals surface area contributed by atoms with Gasteiger partial charge in [-0.2, -0.15) is 0 Å². The van der Waals surface area contributed by atoms with Gasteiger partial charge in [-0.15, -0.1) is 13.2 Å². The van der Waals surface area contributed by atoms with E-state index in [9.17, 15) is 22.8 Å². The first-order valence-electron chi connectivity index (χ1n) is 7.31. The average Bonchev–Trinajstić information content (AvgIpc) is 2.36. The van der Waals surface area contributed by atoms with E-state index in [1.807, 2.05) is 0 Å². The molecule has 134 valence electrons. The number of rotatable bonds is 8. The Kier molecular flexibility index (Phi) is 6.62. The van der Waals surface area contributed by atoms with Gasteiger partial charge in [0.1, 0.15) is 5.75 Å². The average molecular weight is 347 g/mol. The summed E-state index contributed by atoms with van der Waals surface area (Å²) in [6.07, 6.45) is -4.75. The van der Waals surface area contributed by atoms with Crippen molar-refractivity contribution >= 4 is 11.9 Å². The van der Waals surface area contributed by atoms with Crippen molar-refractivity contribution in [3.05, 3.63) is 29.8 Å². The lowest BCUT2D eigenvalue weighted by molar-refractivity contribution is -0.274. The minimum absolute atomic E-state index is 0.0139. The third-order valence-electron chi connectivity index (χ3n) is 3.18. The van der Waals surface area contributed by atoms with E-state index in [2.05, 4.69) is 10.1 Å². The van der Waals surface area contributed by atoms with Gasteiger partial charge in [0.25, 0.3) is 0 Å². The number of ether oxygens (including phenoxy) is 1. The van der Waals surface area contributed by atoms with Gasteiger partial charge in [-0.3, -0.25) is 9.59 Å². The summed E-state index contributed by atoms with van der Waals surface area (Å²) in [7, 11) is 0. The van der Waals surface area contributed by atoms with E-state index < -0.39 is 17.7 Å². The number of amides is 1. The number of carboxylic acid groups (broad SMARTS) is 1. The second-order valence-corrected chi connectivity index (χ2v) is 6.17. The fourth-order valence-electron chi connectivity index (χ4n) is 2.24. The van der Waals surface area contributed by atoms with E-state index in [4.69, 9.17) is 5.11 Å². The highest BCUT2D eigenvalue weighted by Gasteiger charge is 2.32. The number of hydrogen-bond acceptors (Lipinski definition) is 3. The molecule has 1 aromatic rings. The van der Waals surface area contributed by atoms with Crippen LogP contribution in [0.15, 0.2) is 24.3 Å². The largest absolute Gasteiger partial charge is 0.573 e. The standard InChI is InChI=1S/C16H20F3NO4/c1-15(2,10-14(22)23)9-13(21)20-8-7-11-5-3-4-6-12(11)24-16(17,18)19/h3-6H,7-10H2,1-2H3,(H,20,21)(H,22,23). The molecule has 0 spiro atoms. The summed E-state index contributed by atoms with van der Waals surface area (Å²) in [4.78, 5) is 22.5. The van der Waals surface area contributed by atoms with Crippen LogP contribution in [0, 0.1) is 5.41 Å². The monoisotopic (exact) mass is 347 g/mol. The lowest BCUT2D eigenvalue weighted by Gasteiger charge is -2.21. The Balaban J connectivity index is 2.53. The molecule has 2 N–H and O–H groups in total. The number of benzene rings is 1. The van der Waals surface area contributed by atoms with Crippen molar-refractivity contribution in [3.8, 4) is 5.75 Å². The SMILES string of the molecule is CC(C)(CC(=O)O)CC(=O)NCCc1ccccc1OC(F)(F)F. The molecule has 0 radical (unpaired) electrons. The van der Waals surface area contributed by atoms with Crippen LogP contribution >= 0.6 is 0 Å². The van der Waals surface area contributed by atoms with Crippen LogP contribution in [-0.2, 0) is 16.0 Å². The number of hydrogen-bond donors (Lipinski definition) is 2. The van der Waals surface area contributed by atoms with Crippen LogP contribution in [0.2, 0.25) is 0 Å². The Bertz CT molecular complexity index is 585. The van der Waals surface area contributed by atoms with Gasteiger partial charge in [-0.1, -0.05) is 32.0 Å². The molecule has 1 aromatic carbocycles. The summed E-state index contributed by atoms with van der Waals surface area (Å²) < 4.78 is 40.9. The first-order chi connectivity index (χ1) is 11.0. The van der Waals surface area contributed by atoms with E-state index in [1.54, 1.807) is 19.9 Å². The van der Waals surface area contributed by atoms with Gasteiger partial charge in [-0.05, 0) is 23.5 Å². The van der Waals surface area contributed by atoms with E-state index in [0.29, 0.717) is 5.56 Å². The van der Waals surface area contributed by atoms with Gasteiger partial charge in [0.2, 0.25) is 5.91 Å². The van der Waals surface area contributed by atoms with Crippen molar-refractivity contribution in [1.82, 2.24) is 5.32 Å². The van der Waals surface area contributed by atoms with Crippen LogP contribution in [0.5, 0.6) is 5.75 Å². The van der Waals surface area contributed by atoms with Crippen molar-refractivity contribution in [2.24, 2.45) is 5.41 Å². The summed E-state index contributed by atoms with van der Waals surface area (Å²) >= 11 is 0. The maximum Gasteiger partial charge on any atom is 0.573 e. The first-order valence-corrected chi connectivity index (χ1v) is 7.31. The number of nitrogens with one attached hydrogen (secondary N) is 1. The minimum atomic E-state index is -4.78. The van der Waals surface area contributed by atoms with Crippen molar-refractivity contribution in [2.45, 2.75) is 39.5 Å². The highest BCUT2D eigenvalue weighted by molar-refractivity contribution is 5.77. The summed E-state index contributed by atoms with van der Waals surface area (Å²) in [6.45, 7) is 3.44.